The lowest BCUT2D eigenvalue weighted by molar-refractivity contribution is -0.130. The molecule has 124 valence electrons. The Morgan fingerprint density at radius 3 is 2.55 bits per heavy atom. The third-order valence-corrected chi connectivity index (χ3v) is 5.66. The Labute approximate surface area is 145 Å². The molecular weight excluding hydrogens is 367 g/mol. The van der Waals surface area contributed by atoms with E-state index in [1.165, 1.54) is 34.9 Å². The lowest BCUT2D eigenvalue weighted by atomic mass is 10.2. The van der Waals surface area contributed by atoms with Crippen LogP contribution >= 0.6 is 35.0 Å². The molecule has 1 atom stereocenters. The number of carbonyl (C=O) groups excluding carboxylic acids is 1. The normalized spacial score (nSPS) is 13.0. The lowest BCUT2D eigenvalue weighted by Crippen LogP contribution is -2.46. The van der Waals surface area contributed by atoms with Crippen molar-refractivity contribution in [2.75, 3.05) is 26.1 Å². The zero-order valence-corrected chi connectivity index (χ0v) is 15.6. The van der Waals surface area contributed by atoms with Crippen LogP contribution in [0.1, 0.15) is 6.42 Å². The average molecular weight is 385 g/mol. The summed E-state index contributed by atoms with van der Waals surface area (Å²) in [5.41, 5.74) is 0. The van der Waals surface area contributed by atoms with E-state index in [1.54, 1.807) is 14.1 Å². The number of benzene rings is 1. The molecule has 1 N–H and O–H groups in total. The van der Waals surface area contributed by atoms with Gasteiger partial charge in [-0.05, 0) is 36.6 Å². The van der Waals surface area contributed by atoms with Crippen molar-refractivity contribution < 1.29 is 13.2 Å². The van der Waals surface area contributed by atoms with Gasteiger partial charge in [-0.3, -0.25) is 4.79 Å². The number of nitrogens with zero attached hydrogens (tertiary/aromatic N) is 1. The van der Waals surface area contributed by atoms with Gasteiger partial charge in [0.15, 0.2) is 0 Å². The van der Waals surface area contributed by atoms with Crippen molar-refractivity contribution in [3.05, 3.63) is 28.2 Å². The van der Waals surface area contributed by atoms with E-state index in [0.29, 0.717) is 12.2 Å². The fourth-order valence-corrected chi connectivity index (χ4v) is 4.17. The van der Waals surface area contributed by atoms with E-state index in [4.69, 9.17) is 23.2 Å². The van der Waals surface area contributed by atoms with Crippen LogP contribution in [0, 0.1) is 0 Å². The molecular formula is C13H18Cl2N2O3S2. The van der Waals surface area contributed by atoms with Gasteiger partial charge >= 0.3 is 0 Å². The molecule has 0 bridgehead atoms. The minimum absolute atomic E-state index is 0.0535. The number of thioether (sulfide) groups is 1. The topological polar surface area (TPSA) is 66.5 Å². The van der Waals surface area contributed by atoms with Crippen molar-refractivity contribution >= 4 is 50.9 Å². The second-order valence-corrected chi connectivity index (χ2v) is 8.27. The molecule has 1 unspecified atom stereocenters. The molecule has 0 aliphatic heterocycles. The van der Waals surface area contributed by atoms with E-state index in [2.05, 4.69) is 4.72 Å². The zero-order valence-electron chi connectivity index (χ0n) is 12.5. The molecule has 9 heteroatoms. The average Bonchev–Trinajstić information content (AvgIpc) is 2.44. The molecule has 0 spiro atoms. The quantitative estimate of drug-likeness (QED) is 0.783. The predicted molar refractivity (Wildman–Crippen MR) is 92.3 cm³/mol. The molecule has 22 heavy (non-hydrogen) atoms. The Balaban J connectivity index is 3.09. The lowest BCUT2D eigenvalue weighted by Gasteiger charge is -2.21. The van der Waals surface area contributed by atoms with Crippen LogP contribution in [-0.2, 0) is 14.8 Å². The van der Waals surface area contributed by atoms with E-state index in [-0.39, 0.29) is 20.8 Å². The summed E-state index contributed by atoms with van der Waals surface area (Å²) < 4.78 is 27.4. The van der Waals surface area contributed by atoms with E-state index < -0.39 is 16.1 Å². The molecule has 0 saturated heterocycles. The van der Waals surface area contributed by atoms with Crippen LogP contribution in [0.15, 0.2) is 23.1 Å². The number of sulfonamides is 1. The zero-order chi connectivity index (χ0) is 16.9. The Morgan fingerprint density at radius 2 is 2.00 bits per heavy atom. The summed E-state index contributed by atoms with van der Waals surface area (Å²) in [6, 6.07) is 3.32. The van der Waals surface area contributed by atoms with Crippen LogP contribution in [0.25, 0.3) is 0 Å². The molecule has 5 nitrogen and oxygen atoms in total. The summed E-state index contributed by atoms with van der Waals surface area (Å²) in [4.78, 5) is 13.4. The minimum Gasteiger partial charge on any atom is -0.347 e. The first-order valence-corrected chi connectivity index (χ1v) is 10.00. The highest BCUT2D eigenvalue weighted by molar-refractivity contribution is 7.98. The standard InChI is InChI=1S/C13H18Cl2N2O3S2/c1-17(2)13(18)11(6-7-21-3)16-22(19,20)12-8-9(14)4-5-10(12)15/h4-5,8,11,16H,6-7H2,1-3H3. The van der Waals surface area contributed by atoms with Crippen LogP contribution in [0.5, 0.6) is 0 Å². The van der Waals surface area contributed by atoms with Crippen molar-refractivity contribution in [2.24, 2.45) is 0 Å². The van der Waals surface area contributed by atoms with Crippen molar-refractivity contribution in [2.45, 2.75) is 17.4 Å². The maximum absolute atomic E-state index is 12.5. The van der Waals surface area contributed by atoms with Gasteiger partial charge in [0.2, 0.25) is 15.9 Å². The van der Waals surface area contributed by atoms with Crippen LogP contribution in [-0.4, -0.2) is 51.4 Å². The van der Waals surface area contributed by atoms with E-state index in [0.717, 1.165) is 0 Å². The molecule has 1 aromatic carbocycles. The van der Waals surface area contributed by atoms with E-state index >= 15 is 0 Å². The predicted octanol–water partition coefficient (Wildman–Crippen LogP) is 2.48. The van der Waals surface area contributed by atoms with Gasteiger partial charge in [-0.15, -0.1) is 0 Å². The molecule has 1 amide bonds. The highest BCUT2D eigenvalue weighted by Gasteiger charge is 2.28. The maximum atomic E-state index is 12.5. The first-order chi connectivity index (χ1) is 10.2. The smallest absolute Gasteiger partial charge is 0.242 e. The third-order valence-electron chi connectivity index (χ3n) is 2.83. The second-order valence-electron chi connectivity index (χ2n) is 4.76. The van der Waals surface area contributed by atoms with Crippen LogP contribution in [0.2, 0.25) is 10.0 Å². The number of hydrogen-bond acceptors (Lipinski definition) is 4. The second kappa shape index (κ2) is 8.40. The van der Waals surface area contributed by atoms with Crippen LogP contribution in [0.4, 0.5) is 0 Å². The molecule has 0 aliphatic rings. The first-order valence-electron chi connectivity index (χ1n) is 6.36. The number of carbonyl (C=O) groups is 1. The molecule has 1 rings (SSSR count). The number of amides is 1. The van der Waals surface area contributed by atoms with Gasteiger partial charge in [0.05, 0.1) is 5.02 Å². The maximum Gasteiger partial charge on any atom is 0.242 e. The summed E-state index contributed by atoms with van der Waals surface area (Å²) in [5, 5.41) is 0.308. The molecule has 0 aromatic heterocycles. The van der Waals surface area contributed by atoms with Gasteiger partial charge in [-0.2, -0.15) is 16.5 Å². The molecule has 0 aliphatic carbocycles. The molecule has 0 heterocycles. The number of halogens is 2. The van der Waals surface area contributed by atoms with E-state index in [9.17, 15) is 13.2 Å². The van der Waals surface area contributed by atoms with Crippen LogP contribution in [0.3, 0.4) is 0 Å². The third kappa shape index (κ3) is 5.31. The summed E-state index contributed by atoms with van der Waals surface area (Å²) >= 11 is 13.3. The highest BCUT2D eigenvalue weighted by Crippen LogP contribution is 2.25. The number of hydrogen-bond donors (Lipinski definition) is 1. The summed E-state index contributed by atoms with van der Waals surface area (Å²) in [6.45, 7) is 0. The Bertz CT molecular complexity index is 636. The fraction of sp³-hybridized carbons (Fsp3) is 0.462. The van der Waals surface area contributed by atoms with Crippen molar-refractivity contribution in [1.29, 1.82) is 0 Å². The number of likely N-dealkylation sites (N-methyl/N-ethyl adjacent to an activating group) is 1. The Morgan fingerprint density at radius 1 is 1.36 bits per heavy atom. The monoisotopic (exact) mass is 384 g/mol. The molecule has 0 radical (unpaired) electrons. The molecule has 0 fully saturated rings. The SMILES string of the molecule is CSCCC(NS(=O)(=O)c1cc(Cl)ccc1Cl)C(=O)N(C)C. The summed E-state index contributed by atoms with van der Waals surface area (Å²) in [5.74, 6) is 0.339. The molecule has 1 aromatic rings. The minimum atomic E-state index is -3.94. The fourth-order valence-electron chi connectivity index (χ4n) is 1.71. The van der Waals surface area contributed by atoms with Crippen molar-refractivity contribution in [3.8, 4) is 0 Å². The van der Waals surface area contributed by atoms with Crippen molar-refractivity contribution in [3.63, 3.8) is 0 Å². The van der Waals surface area contributed by atoms with Gasteiger partial charge in [0, 0.05) is 19.1 Å². The van der Waals surface area contributed by atoms with E-state index in [1.807, 2.05) is 6.26 Å². The largest absolute Gasteiger partial charge is 0.347 e. The van der Waals surface area contributed by atoms with Gasteiger partial charge in [0.25, 0.3) is 0 Å². The summed E-state index contributed by atoms with van der Waals surface area (Å²) in [7, 11) is -0.788. The number of rotatable bonds is 7. The highest BCUT2D eigenvalue weighted by atomic mass is 35.5. The van der Waals surface area contributed by atoms with Gasteiger partial charge in [0.1, 0.15) is 10.9 Å². The number of nitrogens with one attached hydrogen (secondary N) is 1. The molecule has 0 saturated carbocycles. The Kier molecular flexibility index (Phi) is 7.48. The first kappa shape index (κ1) is 19.6. The van der Waals surface area contributed by atoms with Gasteiger partial charge in [-0.1, -0.05) is 23.2 Å². The summed E-state index contributed by atoms with van der Waals surface area (Å²) in [6.07, 6.45) is 2.27. The Hall–Kier alpha value is -0.470. The van der Waals surface area contributed by atoms with Gasteiger partial charge in [-0.25, -0.2) is 8.42 Å². The van der Waals surface area contributed by atoms with Gasteiger partial charge < -0.3 is 4.90 Å². The van der Waals surface area contributed by atoms with Crippen molar-refractivity contribution in [1.82, 2.24) is 9.62 Å². The van der Waals surface area contributed by atoms with Crippen LogP contribution < -0.4 is 4.72 Å².